The van der Waals surface area contributed by atoms with Crippen LogP contribution in [0.2, 0.25) is 0 Å². The zero-order chi connectivity index (χ0) is 15.1. The maximum absolute atomic E-state index is 11.2. The van der Waals surface area contributed by atoms with Crippen molar-refractivity contribution in [2.45, 2.75) is 70.5 Å². The summed E-state index contributed by atoms with van der Waals surface area (Å²) in [5.74, 6) is 0.297. The normalized spacial score (nSPS) is 27.7. The lowest BCUT2D eigenvalue weighted by atomic mass is 9.72. The van der Waals surface area contributed by atoms with Gasteiger partial charge in [-0.15, -0.1) is 0 Å². The average Bonchev–Trinajstić information content (AvgIpc) is 2.85. The molecule has 1 aromatic rings. The fourth-order valence-corrected chi connectivity index (χ4v) is 4.38. The third-order valence-corrected chi connectivity index (χ3v) is 5.61. The summed E-state index contributed by atoms with van der Waals surface area (Å²) in [5.41, 5.74) is 2.84. The molecule has 1 spiro atoms. The van der Waals surface area contributed by atoms with Crippen LogP contribution in [0.1, 0.15) is 62.1 Å². The Hall–Kier alpha value is -0.860. The summed E-state index contributed by atoms with van der Waals surface area (Å²) >= 11 is 0. The van der Waals surface area contributed by atoms with Gasteiger partial charge in [0, 0.05) is 6.61 Å². The highest BCUT2D eigenvalue weighted by atomic mass is 16.5. The molecular weight excluding hydrogens is 260 g/mol. The molecule has 0 bridgehead atoms. The molecule has 1 aromatic carbocycles. The zero-order valence-electron chi connectivity index (χ0n) is 13.6. The van der Waals surface area contributed by atoms with Gasteiger partial charge in [-0.05, 0) is 57.9 Å². The predicted molar refractivity (Wildman–Crippen MR) is 85.4 cm³/mol. The highest BCUT2D eigenvalue weighted by molar-refractivity contribution is 5.32. The van der Waals surface area contributed by atoms with Crippen molar-refractivity contribution in [3.8, 4) is 0 Å². The van der Waals surface area contributed by atoms with Crippen molar-refractivity contribution in [2.75, 3.05) is 6.61 Å². The van der Waals surface area contributed by atoms with Crippen LogP contribution in [-0.2, 0) is 10.3 Å². The van der Waals surface area contributed by atoms with Crippen LogP contribution in [-0.4, -0.2) is 17.3 Å². The molecule has 2 aliphatic rings. The van der Waals surface area contributed by atoms with E-state index in [0.717, 1.165) is 25.0 Å². The first kappa shape index (κ1) is 15.1. The lowest BCUT2D eigenvalue weighted by Gasteiger charge is -2.44. The Labute approximate surface area is 128 Å². The Morgan fingerprint density at radius 1 is 1.14 bits per heavy atom. The number of benzene rings is 1. The summed E-state index contributed by atoms with van der Waals surface area (Å²) in [6.07, 6.45) is 6.87. The molecule has 1 aliphatic carbocycles. The third kappa shape index (κ3) is 2.89. The van der Waals surface area contributed by atoms with Crippen molar-refractivity contribution >= 4 is 0 Å². The van der Waals surface area contributed by atoms with E-state index in [4.69, 9.17) is 4.74 Å². The van der Waals surface area contributed by atoms with E-state index in [-0.39, 0.29) is 5.60 Å². The lowest BCUT2D eigenvalue weighted by Crippen LogP contribution is -2.44. The minimum Gasteiger partial charge on any atom is -0.385 e. The molecule has 3 rings (SSSR count). The van der Waals surface area contributed by atoms with Crippen LogP contribution in [0.3, 0.4) is 0 Å². The molecule has 2 atom stereocenters. The molecule has 1 N–H and O–H groups in total. The monoisotopic (exact) mass is 288 g/mol. The van der Waals surface area contributed by atoms with E-state index in [2.05, 4.69) is 32.0 Å². The van der Waals surface area contributed by atoms with Crippen molar-refractivity contribution in [2.24, 2.45) is 5.92 Å². The average molecular weight is 288 g/mol. The second-order valence-electron chi connectivity index (χ2n) is 7.45. The van der Waals surface area contributed by atoms with Gasteiger partial charge in [-0.2, -0.15) is 0 Å². The molecule has 0 aromatic heterocycles. The van der Waals surface area contributed by atoms with Crippen molar-refractivity contribution in [3.63, 3.8) is 0 Å². The molecule has 116 valence electrons. The smallest absolute Gasteiger partial charge is 0.0898 e. The first-order chi connectivity index (χ1) is 9.91. The number of hydrogen-bond acceptors (Lipinski definition) is 2. The van der Waals surface area contributed by atoms with Crippen LogP contribution in [0.25, 0.3) is 0 Å². The summed E-state index contributed by atoms with van der Waals surface area (Å²) in [4.78, 5) is 0. The van der Waals surface area contributed by atoms with Crippen molar-refractivity contribution in [1.29, 1.82) is 0 Å². The summed E-state index contributed by atoms with van der Waals surface area (Å²) in [6, 6.07) is 6.45. The van der Waals surface area contributed by atoms with Crippen LogP contribution in [0.5, 0.6) is 0 Å². The van der Waals surface area contributed by atoms with Gasteiger partial charge in [0.25, 0.3) is 0 Å². The van der Waals surface area contributed by atoms with Gasteiger partial charge in [-0.25, -0.2) is 0 Å². The van der Waals surface area contributed by atoms with Crippen LogP contribution in [0.4, 0.5) is 0 Å². The van der Waals surface area contributed by atoms with Crippen LogP contribution in [0.15, 0.2) is 18.2 Å². The van der Waals surface area contributed by atoms with E-state index in [0.29, 0.717) is 5.92 Å². The van der Waals surface area contributed by atoms with Gasteiger partial charge >= 0.3 is 0 Å². The number of ether oxygens (including phenoxy) is 1. The third-order valence-electron chi connectivity index (χ3n) is 5.61. The van der Waals surface area contributed by atoms with Crippen molar-refractivity contribution < 1.29 is 9.84 Å². The van der Waals surface area contributed by atoms with E-state index in [1.807, 2.05) is 6.92 Å². The van der Waals surface area contributed by atoms with Crippen molar-refractivity contribution in [1.82, 2.24) is 0 Å². The zero-order valence-corrected chi connectivity index (χ0v) is 13.6. The fraction of sp³-hybridized carbons (Fsp3) is 0.684. The van der Waals surface area contributed by atoms with E-state index in [1.54, 1.807) is 0 Å². The molecule has 2 nitrogen and oxygen atoms in total. The van der Waals surface area contributed by atoms with Gasteiger partial charge < -0.3 is 9.84 Å². The van der Waals surface area contributed by atoms with Gasteiger partial charge in [-0.1, -0.05) is 42.2 Å². The topological polar surface area (TPSA) is 29.5 Å². The van der Waals surface area contributed by atoms with Gasteiger partial charge in [0.15, 0.2) is 0 Å². The number of aryl methyl sites for hydroxylation is 2. The number of hydrogen-bond donors (Lipinski definition) is 1. The standard InChI is InChI=1S/C19H28O2/c1-14-10-15(2)12-17(11-14)18(3,20)16-6-9-21-19(13-16)7-4-5-8-19/h10-12,16,20H,4-9,13H2,1-3H3. The van der Waals surface area contributed by atoms with Gasteiger partial charge in [-0.3, -0.25) is 0 Å². The summed E-state index contributed by atoms with van der Waals surface area (Å²) in [7, 11) is 0. The molecule has 0 radical (unpaired) electrons. The molecule has 1 heterocycles. The van der Waals surface area contributed by atoms with Crippen molar-refractivity contribution in [3.05, 3.63) is 34.9 Å². The fourth-order valence-electron chi connectivity index (χ4n) is 4.38. The Morgan fingerprint density at radius 2 is 1.76 bits per heavy atom. The molecule has 1 saturated heterocycles. The van der Waals surface area contributed by atoms with Crippen LogP contribution >= 0.6 is 0 Å². The first-order valence-electron chi connectivity index (χ1n) is 8.36. The number of aliphatic hydroxyl groups is 1. The highest BCUT2D eigenvalue weighted by Crippen LogP contribution is 2.47. The Kier molecular flexibility index (Phi) is 3.87. The highest BCUT2D eigenvalue weighted by Gasteiger charge is 2.45. The molecular formula is C19H28O2. The van der Waals surface area contributed by atoms with E-state index >= 15 is 0 Å². The van der Waals surface area contributed by atoms with Crippen LogP contribution in [0, 0.1) is 19.8 Å². The Morgan fingerprint density at radius 3 is 2.38 bits per heavy atom. The molecule has 2 heteroatoms. The molecule has 1 saturated carbocycles. The van der Waals surface area contributed by atoms with Gasteiger partial charge in [0.05, 0.1) is 11.2 Å². The van der Waals surface area contributed by atoms with E-state index in [9.17, 15) is 5.11 Å². The van der Waals surface area contributed by atoms with E-state index in [1.165, 1.54) is 36.8 Å². The first-order valence-corrected chi connectivity index (χ1v) is 8.36. The predicted octanol–water partition coefficient (Wildman–Crippen LogP) is 4.25. The second kappa shape index (κ2) is 5.40. The molecule has 2 unspecified atom stereocenters. The summed E-state index contributed by atoms with van der Waals surface area (Å²) < 4.78 is 6.12. The minimum atomic E-state index is -0.754. The van der Waals surface area contributed by atoms with Gasteiger partial charge in [0.1, 0.15) is 0 Å². The Balaban J connectivity index is 1.86. The van der Waals surface area contributed by atoms with E-state index < -0.39 is 5.60 Å². The number of rotatable bonds is 2. The summed E-state index contributed by atoms with van der Waals surface area (Å²) in [5, 5.41) is 11.2. The molecule has 1 aliphatic heterocycles. The van der Waals surface area contributed by atoms with Gasteiger partial charge in [0.2, 0.25) is 0 Å². The lowest BCUT2D eigenvalue weighted by molar-refractivity contribution is -0.138. The molecule has 2 fully saturated rings. The Bertz CT molecular complexity index is 492. The maximum atomic E-state index is 11.2. The van der Waals surface area contributed by atoms with Crippen LogP contribution < -0.4 is 0 Å². The molecule has 21 heavy (non-hydrogen) atoms. The second-order valence-corrected chi connectivity index (χ2v) is 7.45. The SMILES string of the molecule is Cc1cc(C)cc(C(C)(O)C2CCOC3(CCCC3)C2)c1. The largest absolute Gasteiger partial charge is 0.385 e. The quantitative estimate of drug-likeness (QED) is 0.881. The molecule has 0 amide bonds. The maximum Gasteiger partial charge on any atom is 0.0898 e. The minimum absolute atomic E-state index is 0.0613. The summed E-state index contributed by atoms with van der Waals surface area (Å²) in [6.45, 7) is 7.01.